The summed E-state index contributed by atoms with van der Waals surface area (Å²) < 4.78 is 0. The van der Waals surface area contributed by atoms with Crippen molar-refractivity contribution in [3.05, 3.63) is 34.9 Å². The van der Waals surface area contributed by atoms with Crippen LogP contribution in [-0.2, 0) is 11.3 Å². The van der Waals surface area contributed by atoms with Gasteiger partial charge >= 0.3 is 0 Å². The molecule has 21 heavy (non-hydrogen) atoms. The molecule has 0 unspecified atom stereocenters. The standard InChI is InChI=1S/C17H25ClN2O/c1-2-3-10-19-17(21)15-8-11-20(12-9-15)13-14-4-6-16(18)7-5-14/h4-7,15H,2-3,8-13H2,1H3,(H,19,21). The number of hydrogen-bond donors (Lipinski definition) is 1. The quantitative estimate of drug-likeness (QED) is 0.816. The molecule has 1 heterocycles. The number of carbonyl (C=O) groups is 1. The lowest BCUT2D eigenvalue weighted by Gasteiger charge is -2.31. The molecule has 3 nitrogen and oxygen atoms in total. The minimum atomic E-state index is 0.198. The van der Waals surface area contributed by atoms with Crippen molar-refractivity contribution in [3.8, 4) is 0 Å². The first kappa shape index (κ1) is 16.3. The predicted molar refractivity (Wildman–Crippen MR) is 87.4 cm³/mol. The smallest absolute Gasteiger partial charge is 0.223 e. The highest BCUT2D eigenvalue weighted by atomic mass is 35.5. The van der Waals surface area contributed by atoms with Gasteiger partial charge in [0.2, 0.25) is 5.91 Å². The molecule has 116 valence electrons. The van der Waals surface area contributed by atoms with Crippen molar-refractivity contribution in [2.45, 2.75) is 39.2 Å². The summed E-state index contributed by atoms with van der Waals surface area (Å²) >= 11 is 5.90. The topological polar surface area (TPSA) is 32.3 Å². The van der Waals surface area contributed by atoms with Crippen LogP contribution >= 0.6 is 11.6 Å². The van der Waals surface area contributed by atoms with Crippen molar-refractivity contribution in [2.75, 3.05) is 19.6 Å². The Morgan fingerprint density at radius 1 is 1.29 bits per heavy atom. The van der Waals surface area contributed by atoms with Gasteiger partial charge in [0, 0.05) is 24.0 Å². The number of hydrogen-bond acceptors (Lipinski definition) is 2. The lowest BCUT2D eigenvalue weighted by molar-refractivity contribution is -0.126. The first-order valence-electron chi connectivity index (χ1n) is 7.93. The summed E-state index contributed by atoms with van der Waals surface area (Å²) in [6.07, 6.45) is 4.12. The molecule has 0 radical (unpaired) electrons. The molecule has 1 aliphatic rings. The second-order valence-electron chi connectivity index (χ2n) is 5.82. The summed E-state index contributed by atoms with van der Waals surface area (Å²) in [7, 11) is 0. The number of piperidine rings is 1. The SMILES string of the molecule is CCCCNC(=O)C1CCN(Cc2ccc(Cl)cc2)CC1. The van der Waals surface area contributed by atoms with Crippen LogP contribution in [0, 0.1) is 5.92 Å². The first-order valence-corrected chi connectivity index (χ1v) is 8.31. The molecule has 1 amide bonds. The van der Waals surface area contributed by atoms with Crippen molar-refractivity contribution in [2.24, 2.45) is 5.92 Å². The maximum Gasteiger partial charge on any atom is 0.223 e. The fraction of sp³-hybridized carbons (Fsp3) is 0.588. The van der Waals surface area contributed by atoms with Gasteiger partial charge in [-0.05, 0) is 50.0 Å². The number of amides is 1. The van der Waals surface area contributed by atoms with Gasteiger partial charge < -0.3 is 5.32 Å². The number of carbonyl (C=O) groups excluding carboxylic acids is 1. The van der Waals surface area contributed by atoms with Crippen LogP contribution in [0.4, 0.5) is 0 Å². The number of nitrogens with zero attached hydrogens (tertiary/aromatic N) is 1. The lowest BCUT2D eigenvalue weighted by Crippen LogP contribution is -2.40. The highest BCUT2D eigenvalue weighted by Gasteiger charge is 2.24. The molecule has 1 aromatic rings. The van der Waals surface area contributed by atoms with E-state index in [2.05, 4.69) is 29.3 Å². The van der Waals surface area contributed by atoms with Crippen LogP contribution < -0.4 is 5.32 Å². The molecule has 1 N–H and O–H groups in total. The molecular weight excluding hydrogens is 284 g/mol. The van der Waals surface area contributed by atoms with Gasteiger partial charge in [0.1, 0.15) is 0 Å². The fourth-order valence-electron chi connectivity index (χ4n) is 2.73. The van der Waals surface area contributed by atoms with E-state index in [9.17, 15) is 4.79 Å². The number of rotatable bonds is 6. The molecule has 0 bridgehead atoms. The highest BCUT2D eigenvalue weighted by Crippen LogP contribution is 2.20. The Morgan fingerprint density at radius 3 is 2.57 bits per heavy atom. The summed E-state index contributed by atoms with van der Waals surface area (Å²) in [5.74, 6) is 0.443. The number of halogens is 1. The average molecular weight is 309 g/mol. The predicted octanol–water partition coefficient (Wildman–Crippen LogP) is 3.47. The van der Waals surface area contributed by atoms with Crippen LogP contribution in [0.5, 0.6) is 0 Å². The Morgan fingerprint density at radius 2 is 1.95 bits per heavy atom. The van der Waals surface area contributed by atoms with E-state index in [0.29, 0.717) is 0 Å². The third-order valence-corrected chi connectivity index (χ3v) is 4.36. The van der Waals surface area contributed by atoms with Crippen molar-refractivity contribution < 1.29 is 4.79 Å². The van der Waals surface area contributed by atoms with Gasteiger partial charge in [-0.15, -0.1) is 0 Å². The Bertz CT molecular complexity index is 439. The third-order valence-electron chi connectivity index (χ3n) is 4.11. The second kappa shape index (κ2) is 8.40. The van der Waals surface area contributed by atoms with Gasteiger partial charge in [-0.2, -0.15) is 0 Å². The van der Waals surface area contributed by atoms with Gasteiger partial charge in [-0.3, -0.25) is 9.69 Å². The number of benzene rings is 1. The van der Waals surface area contributed by atoms with Gasteiger partial charge in [0.15, 0.2) is 0 Å². The zero-order valence-corrected chi connectivity index (χ0v) is 13.5. The van der Waals surface area contributed by atoms with Crippen molar-refractivity contribution in [1.29, 1.82) is 0 Å². The van der Waals surface area contributed by atoms with Gasteiger partial charge in [-0.25, -0.2) is 0 Å². The van der Waals surface area contributed by atoms with Crippen molar-refractivity contribution in [3.63, 3.8) is 0 Å². The molecule has 1 aromatic carbocycles. The highest BCUT2D eigenvalue weighted by molar-refractivity contribution is 6.30. The fourth-order valence-corrected chi connectivity index (χ4v) is 2.86. The number of nitrogens with one attached hydrogen (secondary N) is 1. The molecule has 4 heteroatoms. The third kappa shape index (κ3) is 5.33. The van der Waals surface area contributed by atoms with Crippen LogP contribution in [0.25, 0.3) is 0 Å². The summed E-state index contributed by atoms with van der Waals surface area (Å²) in [6, 6.07) is 8.02. The average Bonchev–Trinajstić information content (AvgIpc) is 2.50. The van der Waals surface area contributed by atoms with E-state index in [1.807, 2.05) is 12.1 Å². The molecule has 2 rings (SSSR count). The minimum Gasteiger partial charge on any atom is -0.356 e. The monoisotopic (exact) mass is 308 g/mol. The van der Waals surface area contributed by atoms with Gasteiger partial charge in [-0.1, -0.05) is 37.1 Å². The van der Waals surface area contributed by atoms with Crippen LogP contribution in [0.15, 0.2) is 24.3 Å². The van der Waals surface area contributed by atoms with Crippen LogP contribution in [0.3, 0.4) is 0 Å². The molecule has 0 saturated carbocycles. The second-order valence-corrected chi connectivity index (χ2v) is 6.26. The van der Waals surface area contributed by atoms with E-state index in [0.717, 1.165) is 56.9 Å². The molecule has 1 saturated heterocycles. The molecule has 0 spiro atoms. The van der Waals surface area contributed by atoms with Crippen LogP contribution in [-0.4, -0.2) is 30.4 Å². The summed E-state index contributed by atoms with van der Waals surface area (Å²) in [5.41, 5.74) is 1.28. The van der Waals surface area contributed by atoms with E-state index in [1.165, 1.54) is 5.56 Å². The lowest BCUT2D eigenvalue weighted by atomic mass is 9.95. The first-order chi connectivity index (χ1) is 10.2. The molecule has 0 atom stereocenters. The van der Waals surface area contributed by atoms with Crippen LogP contribution in [0.1, 0.15) is 38.2 Å². The molecule has 1 aliphatic heterocycles. The van der Waals surface area contributed by atoms with Crippen molar-refractivity contribution in [1.82, 2.24) is 10.2 Å². The minimum absolute atomic E-state index is 0.198. The van der Waals surface area contributed by atoms with Gasteiger partial charge in [0.05, 0.1) is 0 Å². The van der Waals surface area contributed by atoms with E-state index >= 15 is 0 Å². The van der Waals surface area contributed by atoms with E-state index in [-0.39, 0.29) is 11.8 Å². The zero-order chi connectivity index (χ0) is 15.1. The largest absolute Gasteiger partial charge is 0.356 e. The maximum absolute atomic E-state index is 12.0. The normalized spacial score (nSPS) is 16.9. The molecule has 0 aliphatic carbocycles. The molecule has 1 fully saturated rings. The Hall–Kier alpha value is -1.06. The molecule has 0 aromatic heterocycles. The summed E-state index contributed by atoms with van der Waals surface area (Å²) in [6.45, 7) is 5.89. The number of likely N-dealkylation sites (tertiary alicyclic amines) is 1. The van der Waals surface area contributed by atoms with E-state index in [4.69, 9.17) is 11.6 Å². The van der Waals surface area contributed by atoms with Crippen molar-refractivity contribution >= 4 is 17.5 Å². The maximum atomic E-state index is 12.0. The molecular formula is C17H25ClN2O. The van der Waals surface area contributed by atoms with E-state index in [1.54, 1.807) is 0 Å². The Balaban J connectivity index is 1.72. The Kier molecular flexibility index (Phi) is 6.52. The Labute approximate surface area is 132 Å². The summed E-state index contributed by atoms with van der Waals surface area (Å²) in [4.78, 5) is 14.4. The number of unbranched alkanes of at least 4 members (excludes halogenated alkanes) is 1. The zero-order valence-electron chi connectivity index (χ0n) is 12.8. The van der Waals surface area contributed by atoms with Crippen LogP contribution in [0.2, 0.25) is 5.02 Å². The summed E-state index contributed by atoms with van der Waals surface area (Å²) in [5, 5.41) is 3.83. The van der Waals surface area contributed by atoms with Gasteiger partial charge in [0.25, 0.3) is 0 Å². The van der Waals surface area contributed by atoms with E-state index < -0.39 is 0 Å².